The van der Waals surface area contributed by atoms with Crippen molar-refractivity contribution in [1.29, 1.82) is 0 Å². The van der Waals surface area contributed by atoms with Gasteiger partial charge in [0.2, 0.25) is 5.75 Å². The number of aromatic hydroxyl groups is 1. The molecule has 1 saturated heterocycles. The van der Waals surface area contributed by atoms with E-state index in [0.717, 1.165) is 0 Å². The molecule has 0 radical (unpaired) electrons. The van der Waals surface area contributed by atoms with E-state index >= 15 is 0 Å². The smallest absolute Gasteiger partial charge is 0.311 e. The summed E-state index contributed by atoms with van der Waals surface area (Å²) in [6.45, 7) is 0.847. The predicted molar refractivity (Wildman–Crippen MR) is 49.4 cm³/mol. The SMILES string of the molecule is O=[N+]([O-])c1cccc(C2OCCO2)c1O. The van der Waals surface area contributed by atoms with E-state index in [0.29, 0.717) is 18.8 Å². The van der Waals surface area contributed by atoms with Crippen LogP contribution < -0.4 is 0 Å². The molecule has 1 fully saturated rings. The van der Waals surface area contributed by atoms with Crippen LogP contribution in [-0.2, 0) is 9.47 Å². The Morgan fingerprint density at radius 2 is 2.07 bits per heavy atom. The first-order valence-electron chi connectivity index (χ1n) is 4.39. The Morgan fingerprint density at radius 3 is 2.67 bits per heavy atom. The molecule has 6 nitrogen and oxygen atoms in total. The number of phenols is 1. The fourth-order valence-corrected chi connectivity index (χ4v) is 1.42. The minimum atomic E-state index is -0.704. The molecular weight excluding hydrogens is 202 g/mol. The number of nitro groups is 1. The minimum absolute atomic E-state index is 0.293. The molecule has 0 amide bonds. The number of benzene rings is 1. The summed E-state index contributed by atoms with van der Waals surface area (Å²) in [5.41, 5.74) is -0.0479. The van der Waals surface area contributed by atoms with E-state index in [-0.39, 0.29) is 5.69 Å². The molecule has 1 N–H and O–H groups in total. The van der Waals surface area contributed by atoms with E-state index < -0.39 is 17.0 Å². The Hall–Kier alpha value is -1.66. The van der Waals surface area contributed by atoms with Gasteiger partial charge in [-0.1, -0.05) is 6.07 Å². The summed E-state index contributed by atoms with van der Waals surface area (Å²) >= 11 is 0. The standard InChI is InChI=1S/C9H9NO5/c11-8-6(9-14-4-5-15-9)2-1-3-7(8)10(12)13/h1-3,9,11H,4-5H2. The van der Waals surface area contributed by atoms with Crippen molar-refractivity contribution in [3.05, 3.63) is 33.9 Å². The van der Waals surface area contributed by atoms with Gasteiger partial charge in [0, 0.05) is 6.07 Å². The zero-order chi connectivity index (χ0) is 10.8. The number of ether oxygens (including phenoxy) is 2. The van der Waals surface area contributed by atoms with Crippen LogP contribution in [0.25, 0.3) is 0 Å². The number of rotatable bonds is 2. The molecule has 0 unspecified atom stereocenters. The molecule has 0 aliphatic carbocycles. The molecule has 0 aromatic heterocycles. The number of nitrogens with zero attached hydrogens (tertiary/aromatic N) is 1. The Kier molecular flexibility index (Phi) is 2.53. The monoisotopic (exact) mass is 211 g/mol. The van der Waals surface area contributed by atoms with Crippen LogP contribution in [0, 0.1) is 10.1 Å². The molecule has 1 aromatic carbocycles. The van der Waals surface area contributed by atoms with Gasteiger partial charge in [0.05, 0.1) is 23.7 Å². The van der Waals surface area contributed by atoms with Gasteiger partial charge in [-0.3, -0.25) is 10.1 Å². The van der Waals surface area contributed by atoms with Gasteiger partial charge in [0.15, 0.2) is 6.29 Å². The third-order valence-corrected chi connectivity index (χ3v) is 2.12. The van der Waals surface area contributed by atoms with E-state index in [1.807, 2.05) is 0 Å². The van der Waals surface area contributed by atoms with Crippen molar-refractivity contribution in [2.45, 2.75) is 6.29 Å². The van der Waals surface area contributed by atoms with E-state index in [1.165, 1.54) is 12.1 Å². The second-order valence-corrected chi connectivity index (χ2v) is 3.05. The molecular formula is C9H9NO5. The highest BCUT2D eigenvalue weighted by Gasteiger charge is 2.26. The predicted octanol–water partition coefficient (Wildman–Crippen LogP) is 1.35. The van der Waals surface area contributed by atoms with Crippen molar-refractivity contribution in [3.8, 4) is 5.75 Å². The van der Waals surface area contributed by atoms with Gasteiger partial charge >= 0.3 is 5.69 Å². The fraction of sp³-hybridized carbons (Fsp3) is 0.333. The van der Waals surface area contributed by atoms with Gasteiger partial charge in [0.25, 0.3) is 0 Å². The summed E-state index contributed by atoms with van der Waals surface area (Å²) in [7, 11) is 0. The molecule has 80 valence electrons. The van der Waals surface area contributed by atoms with Crippen LogP contribution in [0.1, 0.15) is 11.9 Å². The Balaban J connectivity index is 2.39. The van der Waals surface area contributed by atoms with Gasteiger partial charge in [-0.15, -0.1) is 0 Å². The third kappa shape index (κ3) is 1.77. The van der Waals surface area contributed by atoms with Gasteiger partial charge < -0.3 is 14.6 Å². The average molecular weight is 211 g/mol. The summed E-state index contributed by atoms with van der Waals surface area (Å²) in [5, 5.41) is 20.2. The van der Waals surface area contributed by atoms with E-state index in [4.69, 9.17) is 9.47 Å². The molecule has 1 aliphatic heterocycles. The molecule has 0 atom stereocenters. The summed E-state index contributed by atoms with van der Waals surface area (Å²) in [5.74, 6) is -0.394. The number of nitro benzene ring substituents is 1. The maximum absolute atomic E-state index is 10.6. The van der Waals surface area contributed by atoms with Crippen LogP contribution in [0.15, 0.2) is 18.2 Å². The van der Waals surface area contributed by atoms with Gasteiger partial charge in [0.1, 0.15) is 0 Å². The lowest BCUT2D eigenvalue weighted by atomic mass is 10.1. The highest BCUT2D eigenvalue weighted by molar-refractivity contribution is 5.51. The van der Waals surface area contributed by atoms with Crippen molar-refractivity contribution in [2.24, 2.45) is 0 Å². The topological polar surface area (TPSA) is 81.8 Å². The number of hydrogen-bond acceptors (Lipinski definition) is 5. The summed E-state index contributed by atoms with van der Waals surface area (Å²) in [6.07, 6.45) is -0.704. The summed E-state index contributed by atoms with van der Waals surface area (Å²) in [4.78, 5) is 9.91. The average Bonchev–Trinajstić information content (AvgIpc) is 2.70. The molecule has 0 spiro atoms. The second kappa shape index (κ2) is 3.84. The Morgan fingerprint density at radius 1 is 1.40 bits per heavy atom. The first kappa shape index (κ1) is 9.88. The number of para-hydroxylation sites is 1. The van der Waals surface area contributed by atoms with Crippen molar-refractivity contribution in [2.75, 3.05) is 13.2 Å². The van der Waals surface area contributed by atoms with Crippen LogP contribution in [0.5, 0.6) is 5.75 Å². The number of hydrogen-bond donors (Lipinski definition) is 1. The molecule has 0 saturated carbocycles. The van der Waals surface area contributed by atoms with Crippen LogP contribution in [0.2, 0.25) is 0 Å². The van der Waals surface area contributed by atoms with Gasteiger partial charge in [-0.25, -0.2) is 0 Å². The zero-order valence-corrected chi connectivity index (χ0v) is 7.75. The first-order valence-corrected chi connectivity index (χ1v) is 4.39. The fourth-order valence-electron chi connectivity index (χ4n) is 1.42. The lowest BCUT2D eigenvalue weighted by Crippen LogP contribution is -2.00. The number of phenolic OH excluding ortho intramolecular Hbond substituents is 1. The minimum Gasteiger partial charge on any atom is -0.502 e. The Labute approximate surface area is 85.2 Å². The van der Waals surface area contributed by atoms with E-state index in [9.17, 15) is 15.2 Å². The largest absolute Gasteiger partial charge is 0.502 e. The highest BCUT2D eigenvalue weighted by Crippen LogP contribution is 2.36. The van der Waals surface area contributed by atoms with Gasteiger partial charge in [-0.05, 0) is 6.07 Å². The zero-order valence-electron chi connectivity index (χ0n) is 7.75. The molecule has 2 rings (SSSR count). The first-order chi connectivity index (χ1) is 7.20. The summed E-state index contributed by atoms with van der Waals surface area (Å²) in [6, 6.07) is 4.25. The van der Waals surface area contributed by atoms with Crippen molar-refractivity contribution in [3.63, 3.8) is 0 Å². The summed E-state index contributed by atoms with van der Waals surface area (Å²) < 4.78 is 10.3. The Bertz CT molecular complexity index is 386. The molecule has 1 aromatic rings. The van der Waals surface area contributed by atoms with E-state index in [1.54, 1.807) is 6.07 Å². The highest BCUT2D eigenvalue weighted by atomic mass is 16.7. The van der Waals surface area contributed by atoms with Crippen molar-refractivity contribution < 1.29 is 19.5 Å². The van der Waals surface area contributed by atoms with Gasteiger partial charge in [-0.2, -0.15) is 0 Å². The maximum atomic E-state index is 10.6. The molecule has 1 heterocycles. The molecule has 1 aliphatic rings. The van der Waals surface area contributed by atoms with Crippen molar-refractivity contribution >= 4 is 5.69 Å². The normalized spacial score (nSPS) is 16.8. The van der Waals surface area contributed by atoms with Crippen LogP contribution in [-0.4, -0.2) is 23.2 Å². The second-order valence-electron chi connectivity index (χ2n) is 3.05. The lowest BCUT2D eigenvalue weighted by Gasteiger charge is -2.10. The van der Waals surface area contributed by atoms with Crippen LogP contribution >= 0.6 is 0 Å². The van der Waals surface area contributed by atoms with Crippen LogP contribution in [0.4, 0.5) is 5.69 Å². The molecule has 0 bridgehead atoms. The third-order valence-electron chi connectivity index (χ3n) is 2.12. The van der Waals surface area contributed by atoms with E-state index in [2.05, 4.69) is 0 Å². The lowest BCUT2D eigenvalue weighted by molar-refractivity contribution is -0.386. The van der Waals surface area contributed by atoms with Crippen molar-refractivity contribution in [1.82, 2.24) is 0 Å². The van der Waals surface area contributed by atoms with Crippen LogP contribution in [0.3, 0.4) is 0 Å². The quantitative estimate of drug-likeness (QED) is 0.589. The molecule has 6 heteroatoms. The maximum Gasteiger partial charge on any atom is 0.311 e. The molecule has 15 heavy (non-hydrogen) atoms.